The van der Waals surface area contributed by atoms with Crippen LogP contribution in [0.4, 0.5) is 5.69 Å². The molecule has 0 bridgehead atoms. The van der Waals surface area contributed by atoms with E-state index in [1.54, 1.807) is 18.0 Å². The van der Waals surface area contributed by atoms with Crippen molar-refractivity contribution >= 4 is 29.3 Å². The quantitative estimate of drug-likeness (QED) is 0.740. The summed E-state index contributed by atoms with van der Waals surface area (Å²) in [5.74, 6) is 0.519. The van der Waals surface area contributed by atoms with Crippen LogP contribution in [0.5, 0.6) is 5.75 Å². The zero-order valence-corrected chi connectivity index (χ0v) is 18.5. The SMILES string of the molecule is CNC(=O)C1CN(C(=O)CSc2nc(C)c(C)n2C2CCCC2)c2ccccc2O1. The topological polar surface area (TPSA) is 76.5 Å². The van der Waals surface area contributed by atoms with Gasteiger partial charge in [0.1, 0.15) is 5.75 Å². The highest BCUT2D eigenvalue weighted by molar-refractivity contribution is 7.99. The van der Waals surface area contributed by atoms with Crippen LogP contribution in [0.3, 0.4) is 0 Å². The first-order valence-corrected chi connectivity index (χ1v) is 11.4. The summed E-state index contributed by atoms with van der Waals surface area (Å²) in [6, 6.07) is 7.83. The van der Waals surface area contributed by atoms with E-state index in [-0.39, 0.29) is 24.1 Å². The molecule has 4 rings (SSSR count). The number of benzene rings is 1. The van der Waals surface area contributed by atoms with Crippen LogP contribution in [-0.2, 0) is 9.59 Å². The third kappa shape index (κ3) is 3.93. The lowest BCUT2D eigenvalue weighted by atomic mass is 10.2. The van der Waals surface area contributed by atoms with E-state index in [9.17, 15) is 9.59 Å². The Balaban J connectivity index is 1.53. The lowest BCUT2D eigenvalue weighted by molar-refractivity contribution is -0.127. The number of para-hydroxylation sites is 2. The molecule has 0 spiro atoms. The third-order valence-corrected chi connectivity index (χ3v) is 6.92. The summed E-state index contributed by atoms with van der Waals surface area (Å²) in [5.41, 5.74) is 2.91. The first kappa shape index (κ1) is 20.8. The van der Waals surface area contributed by atoms with E-state index >= 15 is 0 Å². The number of carbonyl (C=O) groups is 2. The van der Waals surface area contributed by atoms with Gasteiger partial charge in [-0.05, 0) is 38.8 Å². The van der Waals surface area contributed by atoms with Gasteiger partial charge in [0.05, 0.1) is 23.7 Å². The number of anilines is 1. The molecule has 8 heteroatoms. The Morgan fingerprint density at radius 2 is 1.97 bits per heavy atom. The Bertz CT molecular complexity index is 952. The number of imidazole rings is 1. The van der Waals surface area contributed by atoms with Crippen molar-refractivity contribution in [3.8, 4) is 5.75 Å². The molecule has 0 saturated heterocycles. The predicted octanol–water partition coefficient (Wildman–Crippen LogP) is 3.25. The number of hydrogen-bond donors (Lipinski definition) is 1. The first-order valence-electron chi connectivity index (χ1n) is 10.5. The molecule has 30 heavy (non-hydrogen) atoms. The van der Waals surface area contributed by atoms with E-state index in [1.165, 1.54) is 43.1 Å². The molecule has 2 aromatic rings. The molecule has 2 aliphatic rings. The van der Waals surface area contributed by atoms with Crippen molar-refractivity contribution in [3.05, 3.63) is 35.7 Å². The molecule has 1 aromatic carbocycles. The normalized spacial score (nSPS) is 18.8. The van der Waals surface area contributed by atoms with Crippen LogP contribution in [0, 0.1) is 13.8 Å². The van der Waals surface area contributed by atoms with E-state index in [4.69, 9.17) is 9.72 Å². The first-order chi connectivity index (χ1) is 14.5. The molecule has 2 amide bonds. The van der Waals surface area contributed by atoms with Gasteiger partial charge in [-0.3, -0.25) is 9.59 Å². The molecule has 2 heterocycles. The fourth-order valence-corrected chi connectivity index (χ4v) is 5.30. The molecular formula is C22H28N4O3S. The van der Waals surface area contributed by atoms with Crippen LogP contribution in [0.2, 0.25) is 0 Å². The second-order valence-electron chi connectivity index (χ2n) is 7.85. The molecular weight excluding hydrogens is 400 g/mol. The minimum absolute atomic E-state index is 0.0547. The zero-order valence-electron chi connectivity index (χ0n) is 17.7. The maximum atomic E-state index is 13.2. The minimum atomic E-state index is -0.719. The smallest absolute Gasteiger partial charge is 0.262 e. The Morgan fingerprint density at radius 1 is 1.23 bits per heavy atom. The van der Waals surface area contributed by atoms with Crippen LogP contribution >= 0.6 is 11.8 Å². The Hall–Kier alpha value is -2.48. The van der Waals surface area contributed by atoms with Crippen molar-refractivity contribution in [2.75, 3.05) is 24.2 Å². The molecule has 1 N–H and O–H groups in total. The summed E-state index contributed by atoms with van der Waals surface area (Å²) in [6.07, 6.45) is 4.11. The number of fused-ring (bicyclic) bond motifs is 1. The van der Waals surface area contributed by atoms with Gasteiger partial charge in [-0.25, -0.2) is 4.98 Å². The largest absolute Gasteiger partial charge is 0.477 e. The molecule has 0 radical (unpaired) electrons. The molecule has 160 valence electrons. The fourth-order valence-electron chi connectivity index (χ4n) is 4.26. The van der Waals surface area contributed by atoms with Crippen molar-refractivity contribution in [1.29, 1.82) is 0 Å². The van der Waals surface area contributed by atoms with E-state index in [0.29, 0.717) is 17.5 Å². The van der Waals surface area contributed by atoms with Gasteiger partial charge < -0.3 is 19.5 Å². The van der Waals surface area contributed by atoms with Gasteiger partial charge in [-0.15, -0.1) is 0 Å². The van der Waals surface area contributed by atoms with E-state index in [1.807, 2.05) is 25.1 Å². The number of rotatable bonds is 5. The van der Waals surface area contributed by atoms with Crippen molar-refractivity contribution in [2.45, 2.75) is 56.8 Å². The van der Waals surface area contributed by atoms with E-state index < -0.39 is 6.10 Å². The maximum Gasteiger partial charge on any atom is 0.262 e. The summed E-state index contributed by atoms with van der Waals surface area (Å²) in [7, 11) is 1.57. The third-order valence-electron chi connectivity index (χ3n) is 5.98. The molecule has 1 aliphatic heterocycles. The lowest BCUT2D eigenvalue weighted by Gasteiger charge is -2.34. The lowest BCUT2D eigenvalue weighted by Crippen LogP contribution is -2.50. The van der Waals surface area contributed by atoms with Gasteiger partial charge in [0.15, 0.2) is 11.3 Å². The zero-order chi connectivity index (χ0) is 21.3. The Morgan fingerprint density at radius 3 is 2.70 bits per heavy atom. The van der Waals surface area contributed by atoms with Crippen LogP contribution in [-0.4, -0.2) is 46.8 Å². The standard InChI is InChI=1S/C22H28N4O3S/c1-14-15(2)26(16-8-4-5-9-16)22(24-14)30-13-20(27)25-12-19(21(28)23-3)29-18-11-7-6-10-17(18)25/h6-7,10-11,16,19H,4-5,8-9,12-13H2,1-3H3,(H,23,28). The van der Waals surface area contributed by atoms with E-state index in [2.05, 4.69) is 16.8 Å². The highest BCUT2D eigenvalue weighted by Gasteiger charge is 2.33. The number of hydrogen-bond acceptors (Lipinski definition) is 5. The van der Waals surface area contributed by atoms with E-state index in [0.717, 1.165) is 10.9 Å². The monoisotopic (exact) mass is 428 g/mol. The van der Waals surface area contributed by atoms with Gasteiger partial charge in [0, 0.05) is 18.8 Å². The second-order valence-corrected chi connectivity index (χ2v) is 8.80. The van der Waals surface area contributed by atoms with Gasteiger partial charge in [0.2, 0.25) is 5.91 Å². The second kappa shape index (κ2) is 8.71. The summed E-state index contributed by atoms with van der Waals surface area (Å²) in [6.45, 7) is 4.34. The number of aromatic nitrogens is 2. The summed E-state index contributed by atoms with van der Waals surface area (Å²) < 4.78 is 8.12. The van der Waals surface area contributed by atoms with Crippen LogP contribution in [0.15, 0.2) is 29.4 Å². The number of nitrogens with zero attached hydrogens (tertiary/aromatic N) is 3. The molecule has 1 aromatic heterocycles. The molecule has 1 saturated carbocycles. The minimum Gasteiger partial charge on any atom is -0.477 e. The maximum absolute atomic E-state index is 13.2. The Labute approximate surface area is 181 Å². The van der Waals surface area contributed by atoms with Crippen molar-refractivity contribution < 1.29 is 14.3 Å². The predicted molar refractivity (Wildman–Crippen MR) is 117 cm³/mol. The number of ether oxygens (including phenoxy) is 1. The van der Waals surface area contributed by atoms with Crippen LogP contribution in [0.1, 0.15) is 43.1 Å². The summed E-state index contributed by atoms with van der Waals surface area (Å²) in [4.78, 5) is 31.8. The van der Waals surface area contributed by atoms with Crippen molar-refractivity contribution in [3.63, 3.8) is 0 Å². The number of aryl methyl sites for hydroxylation is 1. The average molecular weight is 429 g/mol. The highest BCUT2D eigenvalue weighted by atomic mass is 32.2. The molecule has 1 unspecified atom stereocenters. The van der Waals surface area contributed by atoms with Crippen LogP contribution in [0.25, 0.3) is 0 Å². The van der Waals surface area contributed by atoms with Crippen molar-refractivity contribution in [2.24, 2.45) is 0 Å². The summed E-state index contributed by atoms with van der Waals surface area (Å²) in [5, 5.41) is 3.52. The van der Waals surface area contributed by atoms with Gasteiger partial charge in [-0.1, -0.05) is 36.7 Å². The van der Waals surface area contributed by atoms with Crippen molar-refractivity contribution in [1.82, 2.24) is 14.9 Å². The van der Waals surface area contributed by atoms with Gasteiger partial charge in [-0.2, -0.15) is 0 Å². The number of likely N-dealkylation sites (N-methyl/N-ethyl adjacent to an activating group) is 1. The number of amides is 2. The van der Waals surface area contributed by atoms with Crippen LogP contribution < -0.4 is 15.0 Å². The number of carbonyl (C=O) groups excluding carboxylic acids is 2. The number of nitrogens with one attached hydrogen (secondary N) is 1. The van der Waals surface area contributed by atoms with Gasteiger partial charge in [0.25, 0.3) is 5.91 Å². The van der Waals surface area contributed by atoms with Gasteiger partial charge >= 0.3 is 0 Å². The average Bonchev–Trinajstić information content (AvgIpc) is 3.38. The molecule has 7 nitrogen and oxygen atoms in total. The molecule has 1 aliphatic carbocycles. The Kier molecular flexibility index (Phi) is 6.04. The number of thioether (sulfide) groups is 1. The molecule has 1 atom stereocenters. The molecule has 1 fully saturated rings. The fraction of sp³-hybridized carbons (Fsp3) is 0.500. The highest BCUT2D eigenvalue weighted by Crippen LogP contribution is 2.37. The summed E-state index contributed by atoms with van der Waals surface area (Å²) >= 11 is 1.48.